The number of hydrogen-bond acceptors (Lipinski definition) is 1. The van der Waals surface area contributed by atoms with Crippen LogP contribution in [-0.2, 0) is 0 Å². The molecule has 1 aromatic heterocycles. The highest BCUT2D eigenvalue weighted by Crippen LogP contribution is 2.23. The quantitative estimate of drug-likeness (QED) is 0.632. The largest absolute Gasteiger partial charge is 0.248 e. The zero-order valence-electron chi connectivity index (χ0n) is 13.8. The predicted octanol–water partition coefficient (Wildman–Crippen LogP) is 3.31. The van der Waals surface area contributed by atoms with Crippen LogP contribution in [0.15, 0.2) is 34.9 Å². The number of fused-ring (bicyclic) bond motifs is 1. The Morgan fingerprint density at radius 1 is 1.42 bits per heavy atom. The van der Waals surface area contributed by atoms with Crippen molar-refractivity contribution in [2.24, 2.45) is 0 Å². The standard InChI is InChI=1S/C10H8BrN/c1-7-6-12-10(11)9-5-3-2-4-8(7)9/h2-6H,1H3/i1D3,2D,3D,4D,5D,6D. The van der Waals surface area contributed by atoms with Crippen LogP contribution in [-0.4, -0.2) is 4.98 Å². The van der Waals surface area contributed by atoms with Crippen molar-refractivity contribution < 1.29 is 11.0 Å². The first-order valence-corrected chi connectivity index (χ1v) is 3.93. The van der Waals surface area contributed by atoms with Crippen LogP contribution in [0.4, 0.5) is 0 Å². The van der Waals surface area contributed by atoms with Crippen molar-refractivity contribution in [3.63, 3.8) is 0 Å². The first-order valence-electron chi connectivity index (χ1n) is 7.14. The second-order valence-corrected chi connectivity index (χ2v) is 2.89. The van der Waals surface area contributed by atoms with E-state index in [0.29, 0.717) is 0 Å². The highest BCUT2D eigenvalue weighted by molar-refractivity contribution is 9.10. The van der Waals surface area contributed by atoms with E-state index in [1.54, 1.807) is 0 Å². The lowest BCUT2D eigenvalue weighted by molar-refractivity contribution is 1.27. The number of benzene rings is 1. The van der Waals surface area contributed by atoms with Gasteiger partial charge in [0.1, 0.15) is 4.60 Å². The van der Waals surface area contributed by atoms with E-state index in [1.807, 2.05) is 0 Å². The van der Waals surface area contributed by atoms with Gasteiger partial charge in [0.15, 0.2) is 0 Å². The van der Waals surface area contributed by atoms with Crippen molar-refractivity contribution in [3.05, 3.63) is 40.5 Å². The molecule has 0 aliphatic carbocycles. The predicted molar refractivity (Wildman–Crippen MR) is 54.2 cm³/mol. The molecule has 60 valence electrons. The first kappa shape index (κ1) is 2.81. The number of aryl methyl sites for hydroxylation is 1. The molecule has 0 saturated carbocycles. The Hall–Kier alpha value is -0.890. The van der Waals surface area contributed by atoms with Crippen LogP contribution >= 0.6 is 15.9 Å². The molecular weight excluding hydrogens is 214 g/mol. The Morgan fingerprint density at radius 3 is 2.92 bits per heavy atom. The summed E-state index contributed by atoms with van der Waals surface area (Å²) in [7, 11) is 0. The Kier molecular flexibility index (Phi) is 0.671. The molecule has 0 aliphatic heterocycles. The van der Waals surface area contributed by atoms with Gasteiger partial charge in [-0.05, 0) is 33.7 Å². The van der Waals surface area contributed by atoms with Crippen molar-refractivity contribution in [3.8, 4) is 0 Å². The van der Waals surface area contributed by atoms with Crippen LogP contribution in [0.25, 0.3) is 10.8 Å². The minimum Gasteiger partial charge on any atom is -0.248 e. The van der Waals surface area contributed by atoms with Crippen LogP contribution in [0, 0.1) is 6.85 Å². The molecule has 0 spiro atoms. The number of rotatable bonds is 0. The minimum atomic E-state index is -2.69. The Morgan fingerprint density at radius 2 is 2.17 bits per heavy atom. The van der Waals surface area contributed by atoms with Gasteiger partial charge in [-0.15, -0.1) is 0 Å². The highest BCUT2D eigenvalue weighted by atomic mass is 79.9. The molecule has 0 bridgehead atoms. The summed E-state index contributed by atoms with van der Waals surface area (Å²) >= 11 is 3.03. The zero-order valence-corrected chi connectivity index (χ0v) is 7.41. The van der Waals surface area contributed by atoms with Gasteiger partial charge in [0.05, 0.1) is 6.85 Å². The van der Waals surface area contributed by atoms with Gasteiger partial charge in [0.25, 0.3) is 0 Å². The van der Waals surface area contributed by atoms with Gasteiger partial charge in [-0.2, -0.15) is 0 Å². The normalized spacial score (nSPS) is 21.1. The minimum absolute atomic E-state index is 0.0255. The van der Waals surface area contributed by atoms with Crippen LogP contribution < -0.4 is 0 Å². The van der Waals surface area contributed by atoms with E-state index < -0.39 is 36.7 Å². The maximum Gasteiger partial charge on any atom is 0.113 e. The molecule has 1 heterocycles. The molecule has 0 N–H and O–H groups in total. The molecule has 0 saturated heterocycles. The average Bonchev–Trinajstić information content (AvgIpc) is 2.31. The van der Waals surface area contributed by atoms with Gasteiger partial charge in [-0.25, -0.2) is 4.98 Å². The second-order valence-electron chi connectivity index (χ2n) is 2.14. The molecule has 0 radical (unpaired) electrons. The monoisotopic (exact) mass is 229 g/mol. The molecule has 0 fully saturated rings. The van der Waals surface area contributed by atoms with Gasteiger partial charge < -0.3 is 0 Å². The molecular formula is C10H8BrN. The van der Waals surface area contributed by atoms with Crippen molar-refractivity contribution in [1.82, 2.24) is 4.98 Å². The highest BCUT2D eigenvalue weighted by Gasteiger charge is 1.99. The summed E-state index contributed by atoms with van der Waals surface area (Å²) < 4.78 is 61.0. The average molecular weight is 230 g/mol. The molecule has 2 rings (SSSR count). The lowest BCUT2D eigenvalue weighted by Gasteiger charge is -2.01. The SMILES string of the molecule is [2H]c1nc(Br)c2c([2H])c([2H])c([2H])c([2H])c2c1C([2H])([2H])[2H]. The molecule has 2 heteroatoms. The lowest BCUT2D eigenvalue weighted by Crippen LogP contribution is -1.82. The summed E-state index contributed by atoms with van der Waals surface area (Å²) in [6.07, 6.45) is -0.533. The van der Waals surface area contributed by atoms with E-state index in [-0.39, 0.29) is 21.4 Å². The van der Waals surface area contributed by atoms with Crippen LogP contribution in [0.2, 0.25) is 0 Å². The fourth-order valence-electron chi connectivity index (χ4n) is 0.872. The van der Waals surface area contributed by atoms with E-state index >= 15 is 0 Å². The third kappa shape index (κ3) is 1.12. The van der Waals surface area contributed by atoms with Crippen LogP contribution in [0.3, 0.4) is 0 Å². The lowest BCUT2D eigenvalue weighted by atomic mass is 10.1. The van der Waals surface area contributed by atoms with E-state index in [9.17, 15) is 0 Å². The van der Waals surface area contributed by atoms with Crippen molar-refractivity contribution in [2.45, 2.75) is 6.85 Å². The Labute approximate surface area is 90.8 Å². The van der Waals surface area contributed by atoms with Gasteiger partial charge >= 0.3 is 0 Å². The number of pyridine rings is 1. The molecule has 0 unspecified atom stereocenters. The third-order valence-electron chi connectivity index (χ3n) is 1.41. The Bertz CT molecular complexity index is 724. The van der Waals surface area contributed by atoms with Crippen LogP contribution in [0.1, 0.15) is 16.5 Å². The van der Waals surface area contributed by atoms with E-state index in [0.717, 1.165) is 0 Å². The summed E-state index contributed by atoms with van der Waals surface area (Å²) in [5.41, 5.74) is -0.470. The van der Waals surface area contributed by atoms with E-state index in [1.165, 1.54) is 0 Å². The molecule has 2 aromatic rings. The van der Waals surface area contributed by atoms with Crippen molar-refractivity contribution in [1.29, 1.82) is 0 Å². The van der Waals surface area contributed by atoms with E-state index in [4.69, 9.17) is 11.0 Å². The van der Waals surface area contributed by atoms with Crippen molar-refractivity contribution in [2.75, 3.05) is 0 Å². The zero-order chi connectivity index (χ0) is 15.4. The Balaban J connectivity index is 3.19. The summed E-state index contributed by atoms with van der Waals surface area (Å²) in [4.78, 5) is 3.72. The third-order valence-corrected chi connectivity index (χ3v) is 1.98. The number of hydrogen-bond donors (Lipinski definition) is 0. The number of aromatic nitrogens is 1. The molecule has 1 aromatic carbocycles. The van der Waals surface area contributed by atoms with Gasteiger partial charge in [-0.1, -0.05) is 24.2 Å². The maximum absolute atomic E-state index is 7.87. The topological polar surface area (TPSA) is 12.9 Å². The van der Waals surface area contributed by atoms with Crippen molar-refractivity contribution >= 4 is 26.7 Å². The summed E-state index contributed by atoms with van der Waals surface area (Å²) in [6.45, 7) is -2.69. The molecule has 0 amide bonds. The molecule has 0 atom stereocenters. The second kappa shape index (κ2) is 2.87. The fourth-order valence-corrected chi connectivity index (χ4v) is 1.26. The summed E-state index contributed by atoms with van der Waals surface area (Å²) in [6, 6.07) is -1.88. The van der Waals surface area contributed by atoms with E-state index in [2.05, 4.69) is 20.9 Å². The van der Waals surface area contributed by atoms with Gasteiger partial charge in [0, 0.05) is 15.7 Å². The summed E-state index contributed by atoms with van der Waals surface area (Å²) in [5.74, 6) is 0. The van der Waals surface area contributed by atoms with Crippen LogP contribution in [0.5, 0.6) is 0 Å². The summed E-state index contributed by atoms with van der Waals surface area (Å²) in [5, 5.41) is -0.221. The van der Waals surface area contributed by atoms with Gasteiger partial charge in [-0.3, -0.25) is 0 Å². The molecule has 12 heavy (non-hydrogen) atoms. The maximum atomic E-state index is 7.87. The van der Waals surface area contributed by atoms with Gasteiger partial charge in [0.2, 0.25) is 0 Å². The fraction of sp³-hybridized carbons (Fsp3) is 0.100. The first-order chi connectivity index (χ1) is 9.07. The number of nitrogens with zero attached hydrogens (tertiary/aromatic N) is 1. The number of halogens is 1. The smallest absolute Gasteiger partial charge is 0.113 e. The molecule has 1 nitrogen and oxygen atoms in total. The molecule has 0 aliphatic rings.